The minimum Gasteiger partial charge on any atom is -0.481 e. The highest BCUT2D eigenvalue weighted by Gasteiger charge is 2.39. The summed E-state index contributed by atoms with van der Waals surface area (Å²) in [4.78, 5) is 13.3. The predicted octanol–water partition coefficient (Wildman–Crippen LogP) is 1.30. The highest BCUT2D eigenvalue weighted by molar-refractivity contribution is 7.99. The molecule has 0 spiro atoms. The Morgan fingerprint density at radius 2 is 2.35 bits per heavy atom. The number of aliphatic carboxylic acids is 1. The molecule has 0 aromatic heterocycles. The number of hydrogen-bond acceptors (Lipinski definition) is 4. The molecule has 0 aromatic rings. The SMILES string of the molecule is COCC(C1CC1)N1CCSCC1CC(=O)O. The van der Waals surface area contributed by atoms with Crippen LogP contribution in [0.4, 0.5) is 0 Å². The second-order valence-corrected chi connectivity index (χ2v) is 6.07. The summed E-state index contributed by atoms with van der Waals surface area (Å²) < 4.78 is 5.32. The van der Waals surface area contributed by atoms with Gasteiger partial charge in [-0.05, 0) is 18.8 Å². The number of ether oxygens (including phenoxy) is 1. The van der Waals surface area contributed by atoms with Crippen LogP contribution in [0, 0.1) is 5.92 Å². The van der Waals surface area contributed by atoms with Gasteiger partial charge in [0, 0.05) is 37.2 Å². The molecule has 1 aliphatic carbocycles. The lowest BCUT2D eigenvalue weighted by Gasteiger charge is -2.40. The molecule has 1 saturated carbocycles. The molecular weight excluding hydrogens is 238 g/mol. The normalized spacial score (nSPS) is 27.9. The van der Waals surface area contributed by atoms with Crippen molar-refractivity contribution in [1.82, 2.24) is 4.90 Å². The molecule has 2 rings (SSSR count). The number of methoxy groups -OCH3 is 1. The molecule has 2 atom stereocenters. The lowest BCUT2D eigenvalue weighted by molar-refractivity contribution is -0.138. The summed E-state index contributed by atoms with van der Waals surface area (Å²) >= 11 is 1.87. The molecule has 4 nitrogen and oxygen atoms in total. The summed E-state index contributed by atoms with van der Waals surface area (Å²) in [5, 5.41) is 8.98. The molecule has 0 radical (unpaired) electrons. The van der Waals surface area contributed by atoms with Crippen LogP contribution in [0.15, 0.2) is 0 Å². The molecule has 98 valence electrons. The lowest BCUT2D eigenvalue weighted by atomic mass is 10.1. The van der Waals surface area contributed by atoms with Crippen LogP contribution in [-0.4, -0.2) is 59.8 Å². The van der Waals surface area contributed by atoms with Crippen molar-refractivity contribution in [3.8, 4) is 0 Å². The largest absolute Gasteiger partial charge is 0.481 e. The Balaban J connectivity index is 1.99. The van der Waals surface area contributed by atoms with Gasteiger partial charge in [-0.25, -0.2) is 0 Å². The Hall–Kier alpha value is -0.260. The molecule has 1 heterocycles. The van der Waals surface area contributed by atoms with E-state index in [1.165, 1.54) is 12.8 Å². The van der Waals surface area contributed by atoms with Crippen LogP contribution in [0.3, 0.4) is 0 Å². The zero-order chi connectivity index (χ0) is 12.3. The third kappa shape index (κ3) is 3.60. The molecule has 5 heteroatoms. The molecule has 1 saturated heterocycles. The minimum atomic E-state index is -0.686. The van der Waals surface area contributed by atoms with Crippen molar-refractivity contribution in [3.05, 3.63) is 0 Å². The van der Waals surface area contributed by atoms with Crippen molar-refractivity contribution in [3.63, 3.8) is 0 Å². The first-order chi connectivity index (χ1) is 8.22. The van der Waals surface area contributed by atoms with Crippen molar-refractivity contribution in [2.24, 2.45) is 5.92 Å². The number of carboxylic acids is 1. The highest BCUT2D eigenvalue weighted by atomic mass is 32.2. The summed E-state index contributed by atoms with van der Waals surface area (Å²) in [6, 6.07) is 0.622. The second kappa shape index (κ2) is 6.07. The number of thioether (sulfide) groups is 1. The summed E-state index contributed by atoms with van der Waals surface area (Å²) in [7, 11) is 1.74. The Kier molecular flexibility index (Phi) is 4.70. The van der Waals surface area contributed by atoms with Crippen molar-refractivity contribution in [2.75, 3.05) is 31.8 Å². The molecule has 0 amide bonds. The van der Waals surface area contributed by atoms with E-state index in [0.717, 1.165) is 30.6 Å². The first-order valence-electron chi connectivity index (χ1n) is 6.26. The number of hydrogen-bond donors (Lipinski definition) is 1. The van der Waals surface area contributed by atoms with Gasteiger partial charge < -0.3 is 9.84 Å². The van der Waals surface area contributed by atoms with E-state index < -0.39 is 5.97 Å². The van der Waals surface area contributed by atoms with Crippen LogP contribution < -0.4 is 0 Å². The third-order valence-corrected chi connectivity index (χ3v) is 4.70. The summed E-state index contributed by atoms with van der Waals surface area (Å²) in [6.45, 7) is 1.75. The molecule has 0 bridgehead atoms. The van der Waals surface area contributed by atoms with E-state index in [-0.39, 0.29) is 12.5 Å². The van der Waals surface area contributed by atoms with E-state index in [2.05, 4.69) is 4.90 Å². The lowest BCUT2D eigenvalue weighted by Crippen LogP contribution is -2.51. The van der Waals surface area contributed by atoms with Crippen molar-refractivity contribution < 1.29 is 14.6 Å². The van der Waals surface area contributed by atoms with Crippen LogP contribution in [-0.2, 0) is 9.53 Å². The molecule has 2 aliphatic rings. The standard InChI is InChI=1S/C12H21NO3S/c1-16-7-11(9-2-3-9)13-4-5-17-8-10(13)6-12(14)15/h9-11H,2-8H2,1H3,(H,14,15). The molecule has 0 aromatic carbocycles. The fraction of sp³-hybridized carbons (Fsp3) is 0.917. The summed E-state index contributed by atoms with van der Waals surface area (Å²) in [6.07, 6.45) is 2.81. The van der Waals surface area contributed by atoms with Crippen LogP contribution in [0.5, 0.6) is 0 Å². The van der Waals surface area contributed by atoms with Crippen LogP contribution in [0.1, 0.15) is 19.3 Å². The van der Waals surface area contributed by atoms with Crippen LogP contribution in [0.25, 0.3) is 0 Å². The average molecular weight is 259 g/mol. The molecule has 1 aliphatic heterocycles. The average Bonchev–Trinajstić information content (AvgIpc) is 3.10. The number of nitrogens with zero attached hydrogens (tertiary/aromatic N) is 1. The van der Waals surface area contributed by atoms with Crippen molar-refractivity contribution in [2.45, 2.75) is 31.3 Å². The first-order valence-corrected chi connectivity index (χ1v) is 7.42. The first kappa shape index (κ1) is 13.2. The van der Waals surface area contributed by atoms with Gasteiger partial charge >= 0.3 is 5.97 Å². The van der Waals surface area contributed by atoms with Gasteiger partial charge in [0.25, 0.3) is 0 Å². The van der Waals surface area contributed by atoms with E-state index in [1.807, 2.05) is 11.8 Å². The van der Waals surface area contributed by atoms with Crippen LogP contribution >= 0.6 is 11.8 Å². The van der Waals surface area contributed by atoms with Crippen molar-refractivity contribution in [1.29, 1.82) is 0 Å². The van der Waals surface area contributed by atoms with E-state index in [9.17, 15) is 4.79 Å². The van der Waals surface area contributed by atoms with Gasteiger partial charge in [0.2, 0.25) is 0 Å². The quantitative estimate of drug-likeness (QED) is 0.779. The zero-order valence-electron chi connectivity index (χ0n) is 10.3. The van der Waals surface area contributed by atoms with E-state index in [1.54, 1.807) is 7.11 Å². The molecule has 1 N–H and O–H groups in total. The van der Waals surface area contributed by atoms with Gasteiger partial charge in [-0.2, -0.15) is 11.8 Å². The van der Waals surface area contributed by atoms with E-state index in [4.69, 9.17) is 9.84 Å². The van der Waals surface area contributed by atoms with Gasteiger partial charge in [0.1, 0.15) is 0 Å². The highest BCUT2D eigenvalue weighted by Crippen LogP contribution is 2.37. The maximum Gasteiger partial charge on any atom is 0.304 e. The Labute approximate surface area is 107 Å². The number of carboxylic acid groups (broad SMARTS) is 1. The molecule has 2 unspecified atom stereocenters. The van der Waals surface area contributed by atoms with Crippen molar-refractivity contribution >= 4 is 17.7 Å². The molecule has 17 heavy (non-hydrogen) atoms. The Morgan fingerprint density at radius 3 is 2.94 bits per heavy atom. The monoisotopic (exact) mass is 259 g/mol. The zero-order valence-corrected chi connectivity index (χ0v) is 11.1. The predicted molar refractivity (Wildman–Crippen MR) is 68.5 cm³/mol. The molecular formula is C12H21NO3S. The van der Waals surface area contributed by atoms with E-state index in [0.29, 0.717) is 6.04 Å². The third-order valence-electron chi connectivity index (χ3n) is 3.61. The number of rotatable bonds is 6. The fourth-order valence-corrected chi connectivity index (χ4v) is 3.72. The van der Waals surface area contributed by atoms with Gasteiger partial charge in [-0.1, -0.05) is 0 Å². The maximum absolute atomic E-state index is 10.9. The smallest absolute Gasteiger partial charge is 0.304 e. The summed E-state index contributed by atoms with van der Waals surface area (Å²) in [5.74, 6) is 2.10. The fourth-order valence-electron chi connectivity index (χ4n) is 2.64. The Bertz CT molecular complexity index is 270. The molecule has 2 fully saturated rings. The topological polar surface area (TPSA) is 49.8 Å². The van der Waals surface area contributed by atoms with Crippen LogP contribution in [0.2, 0.25) is 0 Å². The second-order valence-electron chi connectivity index (χ2n) is 4.92. The summed E-state index contributed by atoms with van der Waals surface area (Å²) in [5.41, 5.74) is 0. The number of carbonyl (C=O) groups is 1. The van der Waals surface area contributed by atoms with Gasteiger partial charge in [0.15, 0.2) is 0 Å². The maximum atomic E-state index is 10.9. The van der Waals surface area contributed by atoms with Gasteiger partial charge in [-0.3, -0.25) is 9.69 Å². The Morgan fingerprint density at radius 1 is 1.59 bits per heavy atom. The van der Waals surface area contributed by atoms with E-state index >= 15 is 0 Å². The minimum absolute atomic E-state index is 0.187. The van der Waals surface area contributed by atoms with Gasteiger partial charge in [-0.15, -0.1) is 0 Å². The van der Waals surface area contributed by atoms with Gasteiger partial charge in [0.05, 0.1) is 13.0 Å².